The van der Waals surface area contributed by atoms with Crippen LogP contribution in [-0.4, -0.2) is 4.98 Å². The molecule has 0 aliphatic carbocycles. The Hall–Kier alpha value is -1.15. The van der Waals surface area contributed by atoms with Gasteiger partial charge in [-0.25, -0.2) is 10.4 Å². The molecule has 0 aliphatic rings. The topological polar surface area (TPSA) is 50.9 Å². The maximum absolute atomic E-state index is 12.6. The van der Waals surface area contributed by atoms with Gasteiger partial charge >= 0.3 is 6.18 Å². The van der Waals surface area contributed by atoms with E-state index >= 15 is 0 Å². The van der Waals surface area contributed by atoms with Crippen LogP contribution in [0.15, 0.2) is 24.4 Å². The summed E-state index contributed by atoms with van der Waals surface area (Å²) in [4.78, 5) is 3.79. The van der Waals surface area contributed by atoms with E-state index < -0.39 is 17.2 Å². The summed E-state index contributed by atoms with van der Waals surface area (Å²) in [7, 11) is 0. The molecule has 0 radical (unpaired) electrons. The van der Waals surface area contributed by atoms with Gasteiger partial charge in [0.1, 0.15) is 0 Å². The van der Waals surface area contributed by atoms with Crippen LogP contribution in [-0.2, 0) is 6.18 Å². The number of benzene rings is 1. The Kier molecular flexibility index (Phi) is 4.33. The Balaban J connectivity index is 2.40. The third kappa shape index (κ3) is 3.12. The van der Waals surface area contributed by atoms with E-state index in [0.29, 0.717) is 21.2 Å². The lowest BCUT2D eigenvalue weighted by Gasteiger charge is -2.17. The van der Waals surface area contributed by atoms with Gasteiger partial charge in [-0.15, -0.1) is 11.3 Å². The first-order valence-corrected chi connectivity index (χ1v) is 6.77. The number of nitrogens with zero attached hydrogens (tertiary/aromatic N) is 1. The van der Waals surface area contributed by atoms with Gasteiger partial charge in [0.15, 0.2) is 5.01 Å². The summed E-state index contributed by atoms with van der Waals surface area (Å²) >= 11 is 6.43. The highest BCUT2D eigenvalue weighted by Crippen LogP contribution is 2.36. The lowest BCUT2D eigenvalue weighted by Crippen LogP contribution is -2.28. The van der Waals surface area contributed by atoms with E-state index in [1.54, 1.807) is 18.2 Å². The molecule has 2 rings (SSSR count). The maximum atomic E-state index is 12.6. The van der Waals surface area contributed by atoms with Crippen LogP contribution >= 0.6 is 22.9 Å². The molecule has 108 valence electrons. The van der Waals surface area contributed by atoms with Gasteiger partial charge in [-0.2, -0.15) is 13.2 Å². The molecule has 3 nitrogen and oxygen atoms in total. The maximum Gasteiger partial charge on any atom is 0.443 e. The molecule has 2 aromatic rings. The quantitative estimate of drug-likeness (QED) is 0.670. The molecule has 1 unspecified atom stereocenters. The molecule has 1 atom stereocenters. The van der Waals surface area contributed by atoms with Crippen LogP contribution in [0.25, 0.3) is 0 Å². The summed E-state index contributed by atoms with van der Waals surface area (Å²) in [6, 6.07) is 4.57. The molecule has 20 heavy (non-hydrogen) atoms. The Bertz CT molecular complexity index is 612. The number of hydrogen-bond acceptors (Lipinski definition) is 4. The molecule has 3 N–H and O–H groups in total. The minimum Gasteiger partial charge on any atom is -0.271 e. The van der Waals surface area contributed by atoms with Crippen molar-refractivity contribution in [3.63, 3.8) is 0 Å². The van der Waals surface area contributed by atoms with Crippen molar-refractivity contribution in [2.75, 3.05) is 0 Å². The Labute approximate surface area is 122 Å². The summed E-state index contributed by atoms with van der Waals surface area (Å²) < 4.78 is 37.7. The molecule has 0 amide bonds. The van der Waals surface area contributed by atoms with Gasteiger partial charge in [-0.3, -0.25) is 5.84 Å². The van der Waals surface area contributed by atoms with Crippen molar-refractivity contribution in [1.82, 2.24) is 10.4 Å². The predicted molar refractivity (Wildman–Crippen MR) is 72.5 cm³/mol. The molecular weight excluding hydrogens is 311 g/mol. The second kappa shape index (κ2) is 5.69. The largest absolute Gasteiger partial charge is 0.443 e. The second-order valence-corrected chi connectivity index (χ2v) is 5.66. The van der Waals surface area contributed by atoms with Crippen LogP contribution in [0.3, 0.4) is 0 Å². The molecule has 0 saturated carbocycles. The molecule has 0 aliphatic heterocycles. The van der Waals surface area contributed by atoms with E-state index in [-0.39, 0.29) is 0 Å². The van der Waals surface area contributed by atoms with Crippen molar-refractivity contribution in [3.05, 3.63) is 50.4 Å². The van der Waals surface area contributed by atoms with Crippen LogP contribution in [0.5, 0.6) is 0 Å². The van der Waals surface area contributed by atoms with Crippen molar-refractivity contribution >= 4 is 22.9 Å². The van der Waals surface area contributed by atoms with E-state index in [1.807, 2.05) is 6.92 Å². The number of nitrogens with one attached hydrogen (secondary N) is 1. The van der Waals surface area contributed by atoms with Crippen molar-refractivity contribution in [3.8, 4) is 0 Å². The first kappa shape index (κ1) is 15.2. The van der Waals surface area contributed by atoms with Crippen LogP contribution in [0, 0.1) is 6.92 Å². The smallest absolute Gasteiger partial charge is 0.271 e. The highest BCUT2D eigenvalue weighted by Gasteiger charge is 2.35. The third-order valence-corrected chi connectivity index (χ3v) is 4.10. The van der Waals surface area contributed by atoms with E-state index in [0.717, 1.165) is 11.1 Å². The molecule has 8 heteroatoms. The van der Waals surface area contributed by atoms with Crippen molar-refractivity contribution in [2.45, 2.75) is 19.1 Å². The fraction of sp³-hybridized carbons (Fsp3) is 0.250. The zero-order chi connectivity index (χ0) is 14.9. The number of halogens is 4. The van der Waals surface area contributed by atoms with Gasteiger partial charge in [-0.05, 0) is 30.2 Å². The number of aryl methyl sites for hydroxylation is 1. The molecule has 0 saturated heterocycles. The number of alkyl halides is 3. The van der Waals surface area contributed by atoms with Crippen molar-refractivity contribution in [1.29, 1.82) is 0 Å². The number of rotatable bonds is 3. The lowest BCUT2D eigenvalue weighted by molar-refractivity contribution is -0.137. The standard InChI is InChI=1S/C12H11ClF3N3S/c1-6-4-7(13)2-3-8(6)10(19-17)9-5-18-11(20-9)12(14,15)16/h2-5,10,19H,17H2,1H3. The fourth-order valence-electron chi connectivity index (χ4n) is 1.84. The molecule has 0 fully saturated rings. The summed E-state index contributed by atoms with van der Waals surface area (Å²) in [6.45, 7) is 1.82. The van der Waals surface area contributed by atoms with Crippen LogP contribution < -0.4 is 11.3 Å². The minimum atomic E-state index is -4.45. The molecule has 0 bridgehead atoms. The van der Waals surface area contributed by atoms with Gasteiger partial charge < -0.3 is 0 Å². The zero-order valence-electron chi connectivity index (χ0n) is 10.3. The molecule has 1 heterocycles. The average Bonchev–Trinajstić information content (AvgIpc) is 2.82. The van der Waals surface area contributed by atoms with E-state index in [1.165, 1.54) is 6.20 Å². The van der Waals surface area contributed by atoms with E-state index in [4.69, 9.17) is 17.4 Å². The van der Waals surface area contributed by atoms with Crippen molar-refractivity contribution < 1.29 is 13.2 Å². The summed E-state index contributed by atoms with van der Waals surface area (Å²) in [6.07, 6.45) is -3.26. The monoisotopic (exact) mass is 321 g/mol. The summed E-state index contributed by atoms with van der Waals surface area (Å²) in [5, 5.41) is -0.332. The first-order chi connectivity index (χ1) is 9.32. The molecule has 1 aromatic heterocycles. The fourth-order valence-corrected chi connectivity index (χ4v) is 2.93. The Morgan fingerprint density at radius 2 is 2.10 bits per heavy atom. The number of thiazole rings is 1. The number of hydrogen-bond donors (Lipinski definition) is 2. The number of aromatic nitrogens is 1. The van der Waals surface area contributed by atoms with Gasteiger partial charge in [0, 0.05) is 16.1 Å². The van der Waals surface area contributed by atoms with Gasteiger partial charge in [0.2, 0.25) is 0 Å². The minimum absolute atomic E-state index is 0.394. The first-order valence-electron chi connectivity index (χ1n) is 5.58. The van der Waals surface area contributed by atoms with Crippen LogP contribution in [0.4, 0.5) is 13.2 Å². The zero-order valence-corrected chi connectivity index (χ0v) is 11.9. The normalized spacial score (nSPS) is 13.5. The molecule has 1 aromatic carbocycles. The SMILES string of the molecule is Cc1cc(Cl)ccc1C(NN)c1cnc(C(F)(F)F)s1. The van der Waals surface area contributed by atoms with Crippen molar-refractivity contribution in [2.24, 2.45) is 5.84 Å². The van der Waals surface area contributed by atoms with Crippen LogP contribution in [0.1, 0.15) is 27.1 Å². The Morgan fingerprint density at radius 3 is 2.60 bits per heavy atom. The average molecular weight is 322 g/mol. The van der Waals surface area contributed by atoms with Gasteiger partial charge in [0.05, 0.1) is 6.04 Å². The van der Waals surface area contributed by atoms with E-state index in [2.05, 4.69) is 10.4 Å². The van der Waals surface area contributed by atoms with Gasteiger partial charge in [0.25, 0.3) is 0 Å². The highest BCUT2D eigenvalue weighted by molar-refractivity contribution is 7.11. The number of hydrazine groups is 1. The molecular formula is C12H11ClF3N3S. The molecule has 0 spiro atoms. The summed E-state index contributed by atoms with van der Waals surface area (Å²) in [5.74, 6) is 5.48. The van der Waals surface area contributed by atoms with Gasteiger partial charge in [-0.1, -0.05) is 17.7 Å². The highest BCUT2D eigenvalue weighted by atomic mass is 35.5. The predicted octanol–water partition coefficient (Wildman–Crippen LogP) is 3.68. The second-order valence-electron chi connectivity index (χ2n) is 4.17. The Morgan fingerprint density at radius 1 is 1.40 bits per heavy atom. The summed E-state index contributed by atoms with van der Waals surface area (Å²) in [5.41, 5.74) is 4.11. The van der Waals surface area contributed by atoms with Crippen LogP contribution in [0.2, 0.25) is 5.02 Å². The van der Waals surface area contributed by atoms with E-state index in [9.17, 15) is 13.2 Å². The third-order valence-electron chi connectivity index (χ3n) is 2.76. The lowest BCUT2D eigenvalue weighted by atomic mass is 10.0. The number of nitrogens with two attached hydrogens (primary N) is 1.